The van der Waals surface area contributed by atoms with Crippen LogP contribution < -0.4 is 10.1 Å². The van der Waals surface area contributed by atoms with E-state index in [4.69, 9.17) is 9.47 Å². The standard InChI is InChI=1S/C16H25FN2O2/c1-4-19-7-8-20-14(10-19)11-21-16-6-5-13(17)9-15(16)12(2)18-3/h5-6,9,12,14,18H,4,7-8,10-11H2,1-3H3. The quantitative estimate of drug-likeness (QED) is 0.872. The second kappa shape index (κ2) is 7.73. The monoisotopic (exact) mass is 296 g/mol. The molecule has 1 aromatic rings. The molecular weight excluding hydrogens is 271 g/mol. The zero-order valence-corrected chi connectivity index (χ0v) is 13.1. The van der Waals surface area contributed by atoms with Crippen molar-refractivity contribution in [1.82, 2.24) is 10.2 Å². The minimum absolute atomic E-state index is 0.0371. The molecule has 1 aliphatic rings. The summed E-state index contributed by atoms with van der Waals surface area (Å²) in [5, 5.41) is 3.12. The summed E-state index contributed by atoms with van der Waals surface area (Å²) in [5.41, 5.74) is 0.834. The number of likely N-dealkylation sites (N-methyl/N-ethyl adjacent to an activating group) is 1. The van der Waals surface area contributed by atoms with Crippen LogP contribution in [0.2, 0.25) is 0 Å². The Kier molecular flexibility index (Phi) is 5.96. The van der Waals surface area contributed by atoms with Crippen LogP contribution in [0.3, 0.4) is 0 Å². The second-order valence-corrected chi connectivity index (χ2v) is 5.39. The summed E-state index contributed by atoms with van der Waals surface area (Å²) in [5.74, 6) is 0.473. The molecule has 2 atom stereocenters. The third kappa shape index (κ3) is 4.40. The van der Waals surface area contributed by atoms with Gasteiger partial charge in [-0.3, -0.25) is 4.90 Å². The molecule has 0 aromatic heterocycles. The van der Waals surface area contributed by atoms with E-state index in [9.17, 15) is 4.39 Å². The fraction of sp³-hybridized carbons (Fsp3) is 0.625. The molecule has 4 nitrogen and oxygen atoms in total. The number of rotatable bonds is 6. The smallest absolute Gasteiger partial charge is 0.124 e. The van der Waals surface area contributed by atoms with Gasteiger partial charge >= 0.3 is 0 Å². The van der Waals surface area contributed by atoms with Gasteiger partial charge in [-0.15, -0.1) is 0 Å². The summed E-state index contributed by atoms with van der Waals surface area (Å²) < 4.78 is 25.0. The number of nitrogens with one attached hydrogen (secondary N) is 1. The van der Waals surface area contributed by atoms with E-state index in [0.717, 1.165) is 37.6 Å². The highest BCUT2D eigenvalue weighted by Gasteiger charge is 2.20. The van der Waals surface area contributed by atoms with Gasteiger partial charge in [0.05, 0.1) is 6.61 Å². The van der Waals surface area contributed by atoms with Crippen LogP contribution in [-0.2, 0) is 4.74 Å². The van der Waals surface area contributed by atoms with Crippen molar-refractivity contribution in [3.8, 4) is 5.75 Å². The van der Waals surface area contributed by atoms with Gasteiger partial charge in [0, 0.05) is 24.7 Å². The topological polar surface area (TPSA) is 33.7 Å². The molecular formula is C16H25FN2O2. The van der Waals surface area contributed by atoms with Crippen LogP contribution in [0.1, 0.15) is 25.5 Å². The molecule has 0 aliphatic carbocycles. The molecule has 0 spiro atoms. The molecule has 0 amide bonds. The summed E-state index contributed by atoms with van der Waals surface area (Å²) in [4.78, 5) is 2.35. The van der Waals surface area contributed by atoms with Gasteiger partial charge in [0.25, 0.3) is 0 Å². The molecule has 1 N–H and O–H groups in total. The van der Waals surface area contributed by atoms with E-state index in [1.807, 2.05) is 14.0 Å². The lowest BCUT2D eigenvalue weighted by atomic mass is 10.1. The van der Waals surface area contributed by atoms with E-state index in [1.54, 1.807) is 6.07 Å². The van der Waals surface area contributed by atoms with Gasteiger partial charge in [0.1, 0.15) is 24.3 Å². The number of hydrogen-bond acceptors (Lipinski definition) is 4. The number of ether oxygens (including phenoxy) is 2. The first kappa shape index (κ1) is 16.2. The summed E-state index contributed by atoms with van der Waals surface area (Å²) in [6.07, 6.45) is 0.0708. The third-order valence-electron chi connectivity index (χ3n) is 3.97. The van der Waals surface area contributed by atoms with Crippen LogP contribution >= 0.6 is 0 Å². The number of nitrogens with zero attached hydrogens (tertiary/aromatic N) is 1. The normalized spacial score (nSPS) is 21.2. The lowest BCUT2D eigenvalue weighted by molar-refractivity contribution is -0.0465. The minimum atomic E-state index is -0.245. The van der Waals surface area contributed by atoms with Gasteiger partial charge in [-0.1, -0.05) is 6.92 Å². The van der Waals surface area contributed by atoms with E-state index in [-0.39, 0.29) is 18.0 Å². The van der Waals surface area contributed by atoms with Crippen LogP contribution in [0.5, 0.6) is 5.75 Å². The van der Waals surface area contributed by atoms with Gasteiger partial charge in [0.15, 0.2) is 0 Å². The maximum absolute atomic E-state index is 13.4. The van der Waals surface area contributed by atoms with Crippen molar-refractivity contribution in [3.63, 3.8) is 0 Å². The van der Waals surface area contributed by atoms with Crippen molar-refractivity contribution in [1.29, 1.82) is 0 Å². The zero-order valence-electron chi connectivity index (χ0n) is 13.1. The molecule has 1 aromatic carbocycles. The van der Waals surface area contributed by atoms with Crippen molar-refractivity contribution >= 4 is 0 Å². The van der Waals surface area contributed by atoms with Crippen LogP contribution in [0.15, 0.2) is 18.2 Å². The molecule has 1 heterocycles. The van der Waals surface area contributed by atoms with Crippen LogP contribution in [0.4, 0.5) is 4.39 Å². The fourth-order valence-electron chi connectivity index (χ4n) is 2.50. The first-order valence-corrected chi connectivity index (χ1v) is 7.57. The van der Waals surface area contributed by atoms with Crippen molar-refractivity contribution < 1.29 is 13.9 Å². The first-order chi connectivity index (χ1) is 10.1. The van der Waals surface area contributed by atoms with E-state index >= 15 is 0 Å². The number of morpholine rings is 1. The molecule has 5 heteroatoms. The Hall–Kier alpha value is -1.17. The Morgan fingerprint density at radius 3 is 3.05 bits per heavy atom. The van der Waals surface area contributed by atoms with Gasteiger partial charge in [-0.25, -0.2) is 4.39 Å². The SMILES string of the molecule is CCN1CCOC(COc2ccc(F)cc2C(C)NC)C1. The molecule has 2 unspecified atom stereocenters. The summed E-state index contributed by atoms with van der Waals surface area (Å²) in [7, 11) is 1.85. The predicted molar refractivity (Wildman–Crippen MR) is 81.2 cm³/mol. The molecule has 1 fully saturated rings. The highest BCUT2D eigenvalue weighted by molar-refractivity contribution is 5.36. The third-order valence-corrected chi connectivity index (χ3v) is 3.97. The van der Waals surface area contributed by atoms with Crippen molar-refractivity contribution in [3.05, 3.63) is 29.6 Å². The van der Waals surface area contributed by atoms with Gasteiger partial charge in [0.2, 0.25) is 0 Å². The lowest BCUT2D eigenvalue weighted by Gasteiger charge is -2.32. The van der Waals surface area contributed by atoms with E-state index < -0.39 is 0 Å². The maximum atomic E-state index is 13.4. The molecule has 0 bridgehead atoms. The Balaban J connectivity index is 1.99. The Labute approximate surface area is 126 Å². The molecule has 0 radical (unpaired) electrons. The molecule has 0 saturated carbocycles. The van der Waals surface area contributed by atoms with Crippen molar-refractivity contribution in [2.75, 3.05) is 39.9 Å². The number of halogens is 1. The largest absolute Gasteiger partial charge is 0.490 e. The van der Waals surface area contributed by atoms with Crippen molar-refractivity contribution in [2.45, 2.75) is 26.0 Å². The zero-order chi connectivity index (χ0) is 15.2. The fourth-order valence-corrected chi connectivity index (χ4v) is 2.50. The van der Waals surface area contributed by atoms with Gasteiger partial charge in [-0.05, 0) is 38.7 Å². The Morgan fingerprint density at radius 1 is 1.52 bits per heavy atom. The molecule has 1 saturated heterocycles. The Morgan fingerprint density at radius 2 is 2.33 bits per heavy atom. The van der Waals surface area contributed by atoms with Crippen LogP contribution in [-0.4, -0.2) is 50.9 Å². The second-order valence-electron chi connectivity index (χ2n) is 5.39. The van der Waals surface area contributed by atoms with E-state index in [2.05, 4.69) is 17.1 Å². The molecule has 118 valence electrons. The predicted octanol–water partition coefficient (Wildman–Crippen LogP) is 2.21. The van der Waals surface area contributed by atoms with Gasteiger partial charge in [-0.2, -0.15) is 0 Å². The van der Waals surface area contributed by atoms with E-state index in [1.165, 1.54) is 12.1 Å². The summed E-state index contributed by atoms with van der Waals surface area (Å²) >= 11 is 0. The minimum Gasteiger partial charge on any atom is -0.490 e. The average molecular weight is 296 g/mol. The number of hydrogen-bond donors (Lipinski definition) is 1. The molecule has 2 rings (SSSR count). The first-order valence-electron chi connectivity index (χ1n) is 7.57. The maximum Gasteiger partial charge on any atom is 0.124 e. The Bertz CT molecular complexity index is 456. The van der Waals surface area contributed by atoms with E-state index in [0.29, 0.717) is 6.61 Å². The van der Waals surface area contributed by atoms with Gasteiger partial charge < -0.3 is 14.8 Å². The highest BCUT2D eigenvalue weighted by Crippen LogP contribution is 2.26. The number of benzene rings is 1. The summed E-state index contributed by atoms with van der Waals surface area (Å²) in [6, 6.07) is 4.69. The molecule has 1 aliphatic heterocycles. The van der Waals surface area contributed by atoms with Crippen molar-refractivity contribution in [2.24, 2.45) is 0 Å². The average Bonchev–Trinajstić information content (AvgIpc) is 2.53. The highest BCUT2D eigenvalue weighted by atomic mass is 19.1. The van der Waals surface area contributed by atoms with Crippen LogP contribution in [0.25, 0.3) is 0 Å². The molecule has 21 heavy (non-hydrogen) atoms. The summed E-state index contributed by atoms with van der Waals surface area (Å²) in [6.45, 7) is 8.25. The van der Waals surface area contributed by atoms with Crippen LogP contribution in [0, 0.1) is 5.82 Å². The lowest BCUT2D eigenvalue weighted by Crippen LogP contribution is -2.44.